The minimum Gasteiger partial charge on any atom is -0.497 e. The molecule has 2 rings (SSSR count). The van der Waals surface area contributed by atoms with Gasteiger partial charge in [0, 0.05) is 17.8 Å². The van der Waals surface area contributed by atoms with Crippen molar-refractivity contribution in [3.05, 3.63) is 24.3 Å². The lowest BCUT2D eigenvalue weighted by Gasteiger charge is -2.21. The summed E-state index contributed by atoms with van der Waals surface area (Å²) in [5, 5.41) is 6.40. The van der Waals surface area contributed by atoms with Gasteiger partial charge in [-0.1, -0.05) is 31.7 Å². The molecule has 0 unspecified atom stereocenters. The van der Waals surface area contributed by atoms with Crippen LogP contribution < -0.4 is 15.4 Å². The molecule has 0 bridgehead atoms. The van der Waals surface area contributed by atoms with Crippen molar-refractivity contribution >= 4 is 11.6 Å². The lowest BCUT2D eigenvalue weighted by Crippen LogP contribution is -2.43. The molecule has 4 nitrogen and oxygen atoms in total. The van der Waals surface area contributed by atoms with Crippen molar-refractivity contribution in [2.45, 2.75) is 57.5 Å². The number of hydrogen-bond acceptors (Lipinski definition) is 3. The zero-order valence-corrected chi connectivity index (χ0v) is 13.0. The molecule has 1 atom stereocenters. The molecule has 1 saturated carbocycles. The van der Waals surface area contributed by atoms with Crippen LogP contribution in [0.5, 0.6) is 5.75 Å². The fourth-order valence-corrected chi connectivity index (χ4v) is 2.83. The van der Waals surface area contributed by atoms with E-state index in [0.717, 1.165) is 11.4 Å². The number of anilines is 1. The van der Waals surface area contributed by atoms with Crippen LogP contribution in [0.15, 0.2) is 24.3 Å². The summed E-state index contributed by atoms with van der Waals surface area (Å²) in [6, 6.07) is 7.73. The first-order valence-corrected chi connectivity index (χ1v) is 7.90. The highest BCUT2D eigenvalue weighted by Gasteiger charge is 2.19. The molecule has 21 heavy (non-hydrogen) atoms. The van der Waals surface area contributed by atoms with Gasteiger partial charge in [0.05, 0.1) is 13.2 Å². The second-order valence-electron chi connectivity index (χ2n) is 5.80. The standard InChI is InChI=1S/C17H26N2O2/c1-13(18-14-8-5-3-4-6-9-14)17(20)19-15-10-7-11-16(12-15)21-2/h7,10-14,18H,3-6,8-9H2,1-2H3,(H,19,20)/t13-/m1/s1. The molecule has 116 valence electrons. The van der Waals surface area contributed by atoms with Crippen LogP contribution in [-0.2, 0) is 4.79 Å². The topological polar surface area (TPSA) is 50.4 Å². The smallest absolute Gasteiger partial charge is 0.241 e. The van der Waals surface area contributed by atoms with Crippen molar-refractivity contribution in [2.75, 3.05) is 12.4 Å². The van der Waals surface area contributed by atoms with E-state index in [0.29, 0.717) is 6.04 Å². The van der Waals surface area contributed by atoms with Gasteiger partial charge in [-0.15, -0.1) is 0 Å². The van der Waals surface area contributed by atoms with E-state index in [9.17, 15) is 4.79 Å². The molecule has 0 saturated heterocycles. The summed E-state index contributed by atoms with van der Waals surface area (Å²) in [5.41, 5.74) is 0.772. The third kappa shape index (κ3) is 5.05. The molecule has 1 aliphatic carbocycles. The SMILES string of the molecule is COc1cccc(NC(=O)[C@@H](C)NC2CCCCCC2)c1. The van der Waals surface area contributed by atoms with Gasteiger partial charge in [-0.2, -0.15) is 0 Å². The molecule has 1 aromatic rings. The Hall–Kier alpha value is -1.55. The molecule has 0 heterocycles. The molecule has 1 amide bonds. The van der Waals surface area contributed by atoms with Crippen LogP contribution in [0.2, 0.25) is 0 Å². The zero-order chi connectivity index (χ0) is 15.1. The third-order valence-corrected chi connectivity index (χ3v) is 4.07. The van der Waals surface area contributed by atoms with Crippen molar-refractivity contribution in [3.8, 4) is 5.75 Å². The summed E-state index contributed by atoms with van der Waals surface area (Å²) >= 11 is 0. The molecular weight excluding hydrogens is 264 g/mol. The number of ether oxygens (including phenoxy) is 1. The Labute approximate surface area is 127 Å². The predicted molar refractivity (Wildman–Crippen MR) is 85.7 cm³/mol. The Morgan fingerprint density at radius 3 is 2.62 bits per heavy atom. The Balaban J connectivity index is 1.86. The highest BCUT2D eigenvalue weighted by Crippen LogP contribution is 2.19. The van der Waals surface area contributed by atoms with Crippen LogP contribution in [0.25, 0.3) is 0 Å². The van der Waals surface area contributed by atoms with E-state index < -0.39 is 0 Å². The van der Waals surface area contributed by atoms with Crippen molar-refractivity contribution in [3.63, 3.8) is 0 Å². The summed E-state index contributed by atoms with van der Waals surface area (Å²) in [4.78, 5) is 12.3. The number of amides is 1. The van der Waals surface area contributed by atoms with E-state index >= 15 is 0 Å². The van der Waals surface area contributed by atoms with Crippen LogP contribution in [0.4, 0.5) is 5.69 Å². The number of rotatable bonds is 5. The maximum atomic E-state index is 12.3. The molecular formula is C17H26N2O2. The largest absolute Gasteiger partial charge is 0.497 e. The molecule has 1 fully saturated rings. The van der Waals surface area contributed by atoms with Crippen molar-refractivity contribution in [1.82, 2.24) is 5.32 Å². The van der Waals surface area contributed by atoms with Crippen molar-refractivity contribution < 1.29 is 9.53 Å². The molecule has 0 aromatic heterocycles. The maximum absolute atomic E-state index is 12.3. The highest BCUT2D eigenvalue weighted by molar-refractivity contribution is 5.94. The van der Waals surface area contributed by atoms with E-state index in [1.54, 1.807) is 7.11 Å². The van der Waals surface area contributed by atoms with Crippen molar-refractivity contribution in [2.24, 2.45) is 0 Å². The lowest BCUT2D eigenvalue weighted by atomic mass is 10.1. The summed E-state index contributed by atoms with van der Waals surface area (Å²) in [6.07, 6.45) is 7.53. The van der Waals surface area contributed by atoms with Gasteiger partial charge in [-0.3, -0.25) is 4.79 Å². The first-order chi connectivity index (χ1) is 10.2. The molecule has 1 aliphatic rings. The van der Waals surface area contributed by atoms with Crippen LogP contribution in [0.1, 0.15) is 45.4 Å². The molecule has 2 N–H and O–H groups in total. The Morgan fingerprint density at radius 1 is 1.24 bits per heavy atom. The molecule has 0 spiro atoms. The second-order valence-corrected chi connectivity index (χ2v) is 5.80. The summed E-state index contributed by atoms with van der Waals surface area (Å²) in [7, 11) is 1.62. The van der Waals surface area contributed by atoms with Gasteiger partial charge in [0.25, 0.3) is 0 Å². The van der Waals surface area contributed by atoms with E-state index in [4.69, 9.17) is 4.74 Å². The van der Waals surface area contributed by atoms with Gasteiger partial charge in [0.1, 0.15) is 5.75 Å². The van der Waals surface area contributed by atoms with Gasteiger partial charge in [-0.25, -0.2) is 0 Å². The quantitative estimate of drug-likeness (QED) is 0.818. The van der Waals surface area contributed by atoms with Crippen LogP contribution in [-0.4, -0.2) is 25.1 Å². The highest BCUT2D eigenvalue weighted by atomic mass is 16.5. The number of methoxy groups -OCH3 is 1. The van der Waals surface area contributed by atoms with Crippen LogP contribution >= 0.6 is 0 Å². The lowest BCUT2D eigenvalue weighted by molar-refractivity contribution is -0.118. The van der Waals surface area contributed by atoms with Gasteiger partial charge in [-0.05, 0) is 31.9 Å². The van der Waals surface area contributed by atoms with E-state index in [2.05, 4.69) is 10.6 Å². The second kappa shape index (κ2) is 8.03. The third-order valence-electron chi connectivity index (χ3n) is 4.07. The maximum Gasteiger partial charge on any atom is 0.241 e. The van der Waals surface area contributed by atoms with Crippen LogP contribution in [0.3, 0.4) is 0 Å². The summed E-state index contributed by atoms with van der Waals surface area (Å²) < 4.78 is 5.17. The van der Waals surface area contributed by atoms with Gasteiger partial charge < -0.3 is 15.4 Å². The Morgan fingerprint density at radius 2 is 1.95 bits per heavy atom. The minimum atomic E-state index is -0.181. The number of carbonyl (C=O) groups is 1. The summed E-state index contributed by atoms with van der Waals surface area (Å²) in [6.45, 7) is 1.93. The monoisotopic (exact) mass is 290 g/mol. The van der Waals surface area contributed by atoms with E-state index in [1.807, 2.05) is 31.2 Å². The molecule has 0 aliphatic heterocycles. The first kappa shape index (κ1) is 15.8. The van der Waals surface area contributed by atoms with Gasteiger partial charge in [0.2, 0.25) is 5.91 Å². The number of hydrogen-bond donors (Lipinski definition) is 2. The Bertz CT molecular complexity index is 454. The summed E-state index contributed by atoms with van der Waals surface area (Å²) in [5.74, 6) is 0.754. The van der Waals surface area contributed by atoms with Gasteiger partial charge >= 0.3 is 0 Å². The average molecular weight is 290 g/mol. The van der Waals surface area contributed by atoms with E-state index in [1.165, 1.54) is 38.5 Å². The van der Waals surface area contributed by atoms with Crippen molar-refractivity contribution in [1.29, 1.82) is 0 Å². The minimum absolute atomic E-state index is 0.00694. The zero-order valence-electron chi connectivity index (χ0n) is 13.0. The fourth-order valence-electron chi connectivity index (χ4n) is 2.83. The Kier molecular flexibility index (Phi) is 6.05. The normalized spacial score (nSPS) is 17.8. The molecule has 4 heteroatoms. The number of carbonyl (C=O) groups excluding carboxylic acids is 1. The van der Waals surface area contributed by atoms with E-state index in [-0.39, 0.29) is 11.9 Å². The fraction of sp³-hybridized carbons (Fsp3) is 0.588. The molecule has 1 aromatic carbocycles. The predicted octanol–water partition coefficient (Wildman–Crippen LogP) is 3.33. The van der Waals surface area contributed by atoms with Gasteiger partial charge in [0.15, 0.2) is 0 Å². The van der Waals surface area contributed by atoms with Crippen LogP contribution in [0, 0.1) is 0 Å². The average Bonchev–Trinajstić information content (AvgIpc) is 2.76. The molecule has 0 radical (unpaired) electrons. The number of benzene rings is 1. The first-order valence-electron chi connectivity index (χ1n) is 7.90. The number of nitrogens with one attached hydrogen (secondary N) is 2.